The summed E-state index contributed by atoms with van der Waals surface area (Å²) in [5.41, 5.74) is 0.591. The van der Waals surface area contributed by atoms with Gasteiger partial charge in [0, 0.05) is 29.2 Å². The van der Waals surface area contributed by atoms with Crippen LogP contribution in [0.15, 0.2) is 18.2 Å². The molecule has 0 unspecified atom stereocenters. The Morgan fingerprint density at radius 1 is 1.41 bits per heavy atom. The van der Waals surface area contributed by atoms with Crippen LogP contribution in [-0.2, 0) is 6.54 Å². The maximum absolute atomic E-state index is 13.6. The Labute approximate surface area is 108 Å². The third kappa shape index (κ3) is 3.95. The van der Waals surface area contributed by atoms with Gasteiger partial charge in [-0.2, -0.15) is 0 Å². The van der Waals surface area contributed by atoms with E-state index in [2.05, 4.69) is 24.1 Å². The second kappa shape index (κ2) is 5.80. The molecule has 0 fully saturated rings. The van der Waals surface area contributed by atoms with E-state index >= 15 is 0 Å². The van der Waals surface area contributed by atoms with Crippen LogP contribution in [0, 0.1) is 5.82 Å². The van der Waals surface area contributed by atoms with Gasteiger partial charge >= 0.3 is 0 Å². The summed E-state index contributed by atoms with van der Waals surface area (Å²) in [6.45, 7) is 5.62. The van der Waals surface area contributed by atoms with Gasteiger partial charge < -0.3 is 5.32 Å². The van der Waals surface area contributed by atoms with Gasteiger partial charge in [0.05, 0.1) is 0 Å². The van der Waals surface area contributed by atoms with Crippen LogP contribution in [0.5, 0.6) is 0 Å². The topological polar surface area (TPSA) is 15.3 Å². The highest BCUT2D eigenvalue weighted by Gasteiger charge is 2.23. The van der Waals surface area contributed by atoms with Gasteiger partial charge in [0.2, 0.25) is 0 Å². The zero-order valence-corrected chi connectivity index (χ0v) is 11.6. The Balaban J connectivity index is 2.80. The lowest BCUT2D eigenvalue weighted by Crippen LogP contribution is -2.47. The molecule has 0 bridgehead atoms. The van der Waals surface area contributed by atoms with Crippen LogP contribution >= 0.6 is 11.6 Å². The smallest absolute Gasteiger partial charge is 0.127 e. The van der Waals surface area contributed by atoms with Crippen LogP contribution in [0.3, 0.4) is 0 Å². The second-order valence-electron chi connectivity index (χ2n) is 4.93. The molecule has 0 aromatic heterocycles. The van der Waals surface area contributed by atoms with Gasteiger partial charge in [-0.1, -0.05) is 11.6 Å². The van der Waals surface area contributed by atoms with Crippen LogP contribution in [0.2, 0.25) is 5.02 Å². The molecule has 1 aromatic carbocycles. The van der Waals surface area contributed by atoms with Gasteiger partial charge in [-0.3, -0.25) is 4.90 Å². The number of halogens is 2. The molecule has 0 atom stereocenters. The van der Waals surface area contributed by atoms with Crippen LogP contribution in [-0.4, -0.2) is 31.1 Å². The third-order valence-electron chi connectivity index (χ3n) is 3.06. The minimum Gasteiger partial charge on any atom is -0.318 e. The predicted molar refractivity (Wildman–Crippen MR) is 70.9 cm³/mol. The second-order valence-corrected chi connectivity index (χ2v) is 5.37. The Kier molecular flexibility index (Phi) is 4.92. The van der Waals surface area contributed by atoms with E-state index in [4.69, 9.17) is 11.6 Å². The lowest BCUT2D eigenvalue weighted by molar-refractivity contribution is 0.146. The van der Waals surface area contributed by atoms with Gasteiger partial charge in [0.25, 0.3) is 0 Å². The standard InChI is InChI=1S/C13H20ClFN2/c1-13(2,9-16-3)17(4)8-10-7-11(14)5-6-12(10)15/h5-7,16H,8-9H2,1-4H3. The molecule has 1 aromatic rings. The number of hydrogen-bond acceptors (Lipinski definition) is 2. The lowest BCUT2D eigenvalue weighted by Gasteiger charge is -2.35. The number of nitrogens with zero attached hydrogens (tertiary/aromatic N) is 1. The molecule has 0 heterocycles. The number of benzene rings is 1. The third-order valence-corrected chi connectivity index (χ3v) is 3.29. The van der Waals surface area contributed by atoms with Crippen molar-refractivity contribution in [3.8, 4) is 0 Å². The number of rotatable bonds is 5. The predicted octanol–water partition coefficient (Wildman–Crippen LogP) is 2.91. The summed E-state index contributed by atoms with van der Waals surface area (Å²) in [6.07, 6.45) is 0. The first-order valence-corrected chi connectivity index (χ1v) is 6.04. The van der Waals surface area contributed by atoms with Gasteiger partial charge in [-0.05, 0) is 46.1 Å². The molecule has 96 valence electrons. The summed E-state index contributed by atoms with van der Waals surface area (Å²) in [4.78, 5) is 2.11. The van der Waals surface area contributed by atoms with Crippen molar-refractivity contribution < 1.29 is 4.39 Å². The fourth-order valence-electron chi connectivity index (χ4n) is 1.70. The SMILES string of the molecule is CNCC(C)(C)N(C)Cc1cc(Cl)ccc1F. The maximum Gasteiger partial charge on any atom is 0.127 e. The molecule has 0 radical (unpaired) electrons. The largest absolute Gasteiger partial charge is 0.318 e. The molecule has 0 amide bonds. The van der Waals surface area contributed by atoms with Crippen LogP contribution in [0.4, 0.5) is 4.39 Å². The first-order valence-electron chi connectivity index (χ1n) is 5.66. The van der Waals surface area contributed by atoms with Crippen LogP contribution in [0.1, 0.15) is 19.4 Å². The van der Waals surface area contributed by atoms with E-state index in [1.807, 2.05) is 14.1 Å². The Morgan fingerprint density at radius 3 is 2.65 bits per heavy atom. The van der Waals surface area contributed by atoms with E-state index < -0.39 is 0 Å². The molecule has 1 N–H and O–H groups in total. The fourth-order valence-corrected chi connectivity index (χ4v) is 1.90. The molecule has 0 aliphatic heterocycles. The van der Waals surface area contributed by atoms with Crippen molar-refractivity contribution in [3.05, 3.63) is 34.6 Å². The summed E-state index contributed by atoms with van der Waals surface area (Å²) in [5.74, 6) is -0.207. The number of likely N-dealkylation sites (N-methyl/N-ethyl adjacent to an activating group) is 2. The molecule has 4 heteroatoms. The molecule has 2 nitrogen and oxygen atoms in total. The Hall–Kier alpha value is -0.640. The van der Waals surface area contributed by atoms with Crippen molar-refractivity contribution in [2.75, 3.05) is 20.6 Å². The molecule has 17 heavy (non-hydrogen) atoms. The molecule has 0 saturated heterocycles. The van der Waals surface area contributed by atoms with Gasteiger partial charge in [0.15, 0.2) is 0 Å². The van der Waals surface area contributed by atoms with E-state index in [0.29, 0.717) is 17.1 Å². The molecule has 0 aliphatic rings. The molecule has 0 aliphatic carbocycles. The van der Waals surface area contributed by atoms with Crippen molar-refractivity contribution in [2.24, 2.45) is 0 Å². The van der Waals surface area contributed by atoms with Crippen LogP contribution < -0.4 is 5.32 Å². The first-order chi connectivity index (χ1) is 7.86. The van der Waals surface area contributed by atoms with Crippen molar-refractivity contribution in [1.82, 2.24) is 10.2 Å². The average molecular weight is 259 g/mol. The normalized spacial score (nSPS) is 12.2. The van der Waals surface area contributed by atoms with Crippen molar-refractivity contribution in [2.45, 2.75) is 25.9 Å². The monoisotopic (exact) mass is 258 g/mol. The van der Waals surface area contributed by atoms with Crippen molar-refractivity contribution >= 4 is 11.6 Å². The van der Waals surface area contributed by atoms with E-state index in [1.165, 1.54) is 6.07 Å². The summed E-state index contributed by atoms with van der Waals surface area (Å²) in [7, 11) is 3.90. The molecule has 0 spiro atoms. The summed E-state index contributed by atoms with van der Waals surface area (Å²) in [5, 5.41) is 3.71. The van der Waals surface area contributed by atoms with Crippen molar-refractivity contribution in [3.63, 3.8) is 0 Å². The van der Waals surface area contributed by atoms with E-state index in [0.717, 1.165) is 6.54 Å². The minimum absolute atomic E-state index is 0.0382. The average Bonchev–Trinajstić information content (AvgIpc) is 2.23. The van der Waals surface area contributed by atoms with E-state index in [-0.39, 0.29) is 11.4 Å². The summed E-state index contributed by atoms with van der Waals surface area (Å²) >= 11 is 5.88. The zero-order valence-electron chi connectivity index (χ0n) is 10.8. The highest BCUT2D eigenvalue weighted by molar-refractivity contribution is 6.30. The zero-order chi connectivity index (χ0) is 13.1. The first kappa shape index (κ1) is 14.4. The highest BCUT2D eigenvalue weighted by atomic mass is 35.5. The quantitative estimate of drug-likeness (QED) is 0.874. The van der Waals surface area contributed by atoms with E-state index in [9.17, 15) is 4.39 Å². The summed E-state index contributed by atoms with van der Waals surface area (Å²) < 4.78 is 13.6. The van der Waals surface area contributed by atoms with Gasteiger partial charge in [0.1, 0.15) is 5.82 Å². The fraction of sp³-hybridized carbons (Fsp3) is 0.538. The molecular weight excluding hydrogens is 239 g/mol. The highest BCUT2D eigenvalue weighted by Crippen LogP contribution is 2.20. The van der Waals surface area contributed by atoms with E-state index in [1.54, 1.807) is 12.1 Å². The Morgan fingerprint density at radius 2 is 2.06 bits per heavy atom. The maximum atomic E-state index is 13.6. The molecule has 1 rings (SSSR count). The van der Waals surface area contributed by atoms with Gasteiger partial charge in [-0.15, -0.1) is 0 Å². The molecular formula is C13H20ClFN2. The summed E-state index contributed by atoms with van der Waals surface area (Å²) in [6, 6.07) is 4.67. The van der Waals surface area contributed by atoms with Gasteiger partial charge in [-0.25, -0.2) is 4.39 Å². The lowest BCUT2D eigenvalue weighted by atomic mass is 10.0. The molecule has 0 saturated carbocycles. The number of hydrogen-bond donors (Lipinski definition) is 1. The minimum atomic E-state index is -0.207. The van der Waals surface area contributed by atoms with Crippen LogP contribution in [0.25, 0.3) is 0 Å². The van der Waals surface area contributed by atoms with Crippen molar-refractivity contribution in [1.29, 1.82) is 0 Å². The number of nitrogens with one attached hydrogen (secondary N) is 1. The Bertz CT molecular complexity index is 380.